The first-order valence-electron chi connectivity index (χ1n) is 11.0. The second-order valence-corrected chi connectivity index (χ2v) is 11.7. The van der Waals surface area contributed by atoms with Crippen LogP contribution in [0.3, 0.4) is 0 Å². The van der Waals surface area contributed by atoms with Crippen LogP contribution in [0.5, 0.6) is 0 Å². The maximum atomic E-state index is 14.9. The van der Waals surface area contributed by atoms with E-state index in [9.17, 15) is 12.8 Å². The maximum absolute atomic E-state index is 14.9. The van der Waals surface area contributed by atoms with Gasteiger partial charge in [0, 0.05) is 29.6 Å². The summed E-state index contributed by atoms with van der Waals surface area (Å²) in [5.74, 6) is 0.0759. The fourth-order valence-electron chi connectivity index (χ4n) is 6.22. The zero-order valence-electron chi connectivity index (χ0n) is 17.1. The van der Waals surface area contributed by atoms with Gasteiger partial charge in [0.1, 0.15) is 5.82 Å². The number of hydrogen-bond donors (Lipinski definition) is 1. The summed E-state index contributed by atoms with van der Waals surface area (Å²) in [5.41, 5.74) is 4.34. The lowest BCUT2D eigenvalue weighted by molar-refractivity contribution is 0.226. The highest BCUT2D eigenvalue weighted by Crippen LogP contribution is 2.76. The number of benzene rings is 2. The molecule has 2 aromatic carbocycles. The van der Waals surface area contributed by atoms with Gasteiger partial charge in [0.05, 0.1) is 5.25 Å². The Balaban J connectivity index is 1.30. The first-order valence-corrected chi connectivity index (χ1v) is 12.5. The fraction of sp³-hybridized carbons (Fsp3) is 0.500. The van der Waals surface area contributed by atoms with Crippen molar-refractivity contribution < 1.29 is 12.8 Å². The van der Waals surface area contributed by atoms with Crippen LogP contribution < -0.4 is 4.72 Å². The summed E-state index contributed by atoms with van der Waals surface area (Å²) in [7, 11) is -1.19. The minimum atomic E-state index is -3.36. The molecule has 2 aromatic rings. The van der Waals surface area contributed by atoms with Gasteiger partial charge in [-0.2, -0.15) is 0 Å². The Labute approximate surface area is 177 Å². The van der Waals surface area contributed by atoms with E-state index in [4.69, 9.17) is 0 Å². The molecule has 0 bridgehead atoms. The molecular weight excluding hydrogens is 399 g/mol. The fourth-order valence-corrected chi connectivity index (χ4v) is 7.76. The molecule has 3 atom stereocenters. The van der Waals surface area contributed by atoms with Gasteiger partial charge in [-0.05, 0) is 61.4 Å². The van der Waals surface area contributed by atoms with Gasteiger partial charge in [-0.1, -0.05) is 42.8 Å². The Morgan fingerprint density at radius 1 is 1.17 bits per heavy atom. The molecule has 3 fully saturated rings. The van der Waals surface area contributed by atoms with Gasteiger partial charge >= 0.3 is 0 Å². The zero-order chi connectivity index (χ0) is 20.7. The summed E-state index contributed by atoms with van der Waals surface area (Å²) in [6.07, 6.45) is 4.26. The van der Waals surface area contributed by atoms with E-state index in [1.807, 2.05) is 12.1 Å². The number of sulfonamides is 1. The van der Waals surface area contributed by atoms with Crippen LogP contribution >= 0.6 is 0 Å². The minimum Gasteiger partial charge on any atom is -0.296 e. The SMILES string of the molecule is CN1C2C1C21Cc2cc(F)c(CNS(=O)(=O)C3CCC3)cc2C1Cc1ccccc1. The van der Waals surface area contributed by atoms with E-state index in [-0.39, 0.29) is 23.0 Å². The number of nitrogens with one attached hydrogen (secondary N) is 1. The standard InChI is InChI=1S/C24H27FN2O2S/c1-27-22-23(27)24(22)13-16-12-21(25)17(14-26-30(28,29)18-8-5-9-18)11-19(16)20(24)10-15-6-3-2-4-7-15/h2-4,6-7,11-12,18,20,22-23,26H,5,8-10,13-14H2,1H3. The third kappa shape index (κ3) is 2.66. The van der Waals surface area contributed by atoms with Crippen molar-refractivity contribution >= 4 is 10.0 Å². The van der Waals surface area contributed by atoms with Crippen LogP contribution in [0.1, 0.15) is 47.4 Å². The molecule has 6 heteroatoms. The summed E-state index contributed by atoms with van der Waals surface area (Å²) in [5, 5.41) is -0.307. The van der Waals surface area contributed by atoms with Crippen molar-refractivity contribution in [3.05, 3.63) is 70.5 Å². The van der Waals surface area contributed by atoms with Crippen molar-refractivity contribution in [1.29, 1.82) is 0 Å². The predicted molar refractivity (Wildman–Crippen MR) is 114 cm³/mol. The van der Waals surface area contributed by atoms with E-state index in [2.05, 4.69) is 40.9 Å². The normalized spacial score (nSPS) is 33.8. The second kappa shape index (κ2) is 6.38. The van der Waals surface area contributed by atoms with Crippen LogP contribution in [-0.4, -0.2) is 37.7 Å². The van der Waals surface area contributed by atoms with Gasteiger partial charge in [-0.3, -0.25) is 4.90 Å². The highest BCUT2D eigenvalue weighted by atomic mass is 32.2. The van der Waals surface area contributed by atoms with Crippen molar-refractivity contribution in [3.63, 3.8) is 0 Å². The van der Waals surface area contributed by atoms with Gasteiger partial charge in [0.25, 0.3) is 0 Å². The molecule has 0 radical (unpaired) electrons. The van der Waals surface area contributed by atoms with E-state index in [0.29, 0.717) is 36.4 Å². The van der Waals surface area contributed by atoms with Crippen LogP contribution in [0.25, 0.3) is 0 Å². The lowest BCUT2D eigenvalue weighted by Gasteiger charge is -2.29. The van der Waals surface area contributed by atoms with Crippen LogP contribution in [-0.2, 0) is 29.4 Å². The molecule has 30 heavy (non-hydrogen) atoms. The molecule has 1 N–H and O–H groups in total. The molecule has 3 unspecified atom stereocenters. The smallest absolute Gasteiger partial charge is 0.214 e. The van der Waals surface area contributed by atoms with Gasteiger partial charge in [-0.25, -0.2) is 17.5 Å². The Kier molecular flexibility index (Phi) is 4.03. The van der Waals surface area contributed by atoms with Crippen molar-refractivity contribution in [3.8, 4) is 0 Å². The number of likely N-dealkylation sites (N-methyl/N-ethyl adjacent to an activating group) is 1. The Bertz CT molecular complexity index is 1100. The maximum Gasteiger partial charge on any atom is 0.214 e. The van der Waals surface area contributed by atoms with Gasteiger partial charge < -0.3 is 0 Å². The number of likely N-dealkylation sites (tertiary alicyclic amines) is 1. The molecule has 1 heterocycles. The molecule has 6 rings (SSSR count). The lowest BCUT2D eigenvalue weighted by Crippen LogP contribution is -2.38. The first-order chi connectivity index (χ1) is 14.4. The third-order valence-corrected chi connectivity index (χ3v) is 10.0. The van der Waals surface area contributed by atoms with Crippen molar-refractivity contribution in [2.24, 2.45) is 5.41 Å². The largest absolute Gasteiger partial charge is 0.296 e. The zero-order valence-corrected chi connectivity index (χ0v) is 18.0. The topological polar surface area (TPSA) is 49.2 Å². The van der Waals surface area contributed by atoms with E-state index >= 15 is 0 Å². The summed E-state index contributed by atoms with van der Waals surface area (Å²) in [6, 6.07) is 15.4. The molecule has 158 valence electrons. The van der Waals surface area contributed by atoms with Crippen molar-refractivity contribution in [2.45, 2.75) is 61.9 Å². The monoisotopic (exact) mass is 426 g/mol. The van der Waals surface area contributed by atoms with Crippen LogP contribution in [0.15, 0.2) is 42.5 Å². The minimum absolute atomic E-state index is 0.0375. The molecule has 2 saturated carbocycles. The Hall–Kier alpha value is -1.76. The Morgan fingerprint density at radius 2 is 1.90 bits per heavy atom. The molecule has 3 aliphatic carbocycles. The van der Waals surface area contributed by atoms with Crippen LogP contribution in [0, 0.1) is 11.2 Å². The summed E-state index contributed by atoms with van der Waals surface area (Å²) in [6.45, 7) is 0.0375. The lowest BCUT2D eigenvalue weighted by atomic mass is 9.81. The summed E-state index contributed by atoms with van der Waals surface area (Å²) < 4.78 is 42.3. The van der Waals surface area contributed by atoms with Crippen molar-refractivity contribution in [1.82, 2.24) is 9.62 Å². The van der Waals surface area contributed by atoms with E-state index in [1.165, 1.54) is 11.1 Å². The molecule has 4 nitrogen and oxygen atoms in total. The average molecular weight is 427 g/mol. The quantitative estimate of drug-likeness (QED) is 0.721. The van der Waals surface area contributed by atoms with Gasteiger partial charge in [-0.15, -0.1) is 0 Å². The number of nitrogens with zero attached hydrogens (tertiary/aromatic N) is 1. The van der Waals surface area contributed by atoms with E-state index in [1.54, 1.807) is 6.07 Å². The van der Waals surface area contributed by atoms with Crippen molar-refractivity contribution in [2.75, 3.05) is 7.05 Å². The second-order valence-electron chi connectivity index (χ2n) is 9.65. The number of fused-ring (bicyclic) bond motifs is 4. The molecule has 1 spiro atoms. The molecule has 0 aromatic heterocycles. The van der Waals surface area contributed by atoms with Crippen LogP contribution in [0.2, 0.25) is 0 Å². The number of rotatable bonds is 6. The number of halogens is 1. The number of hydrogen-bond acceptors (Lipinski definition) is 3. The first kappa shape index (κ1) is 19.0. The van der Waals surface area contributed by atoms with Gasteiger partial charge in [0.2, 0.25) is 10.0 Å². The highest BCUT2D eigenvalue weighted by molar-refractivity contribution is 7.90. The predicted octanol–water partition coefficient (Wildman–Crippen LogP) is 3.36. The third-order valence-electron chi connectivity index (χ3n) is 8.15. The van der Waals surface area contributed by atoms with Gasteiger partial charge in [0.15, 0.2) is 0 Å². The molecular formula is C24H27FN2O2S. The highest BCUT2D eigenvalue weighted by Gasteiger charge is 2.84. The van der Waals surface area contributed by atoms with Crippen LogP contribution in [0.4, 0.5) is 4.39 Å². The van der Waals surface area contributed by atoms with E-state index < -0.39 is 10.0 Å². The molecule has 1 aliphatic heterocycles. The molecule has 1 saturated heterocycles. The summed E-state index contributed by atoms with van der Waals surface area (Å²) >= 11 is 0. The summed E-state index contributed by atoms with van der Waals surface area (Å²) in [4.78, 5) is 2.41. The van der Waals surface area contributed by atoms with E-state index in [0.717, 1.165) is 24.8 Å². The Morgan fingerprint density at radius 3 is 2.53 bits per heavy atom. The average Bonchev–Trinajstić information content (AvgIpc) is 3.51. The molecule has 4 aliphatic rings. The molecule has 0 amide bonds.